The highest BCUT2D eigenvalue weighted by Gasteiger charge is 2.27. The molecule has 0 aromatic heterocycles. The second-order valence-corrected chi connectivity index (χ2v) is 7.06. The Bertz CT molecular complexity index is 885. The van der Waals surface area contributed by atoms with Gasteiger partial charge in [-0.15, -0.1) is 0 Å². The van der Waals surface area contributed by atoms with Gasteiger partial charge in [0.2, 0.25) is 5.91 Å². The number of halogens is 1. The summed E-state index contributed by atoms with van der Waals surface area (Å²) in [6.07, 6.45) is 3.33. The fraction of sp³-hybridized carbons (Fsp3) is 0.318. The third-order valence-corrected chi connectivity index (χ3v) is 4.90. The van der Waals surface area contributed by atoms with Crippen LogP contribution in [0.25, 0.3) is 0 Å². The first kappa shape index (κ1) is 20.3. The number of hydrogen-bond acceptors (Lipinski definition) is 3. The third kappa shape index (κ3) is 5.79. The molecule has 2 aromatic carbocycles. The molecule has 150 valence electrons. The molecule has 0 bridgehead atoms. The Kier molecular flexibility index (Phi) is 6.80. The topological polar surface area (TPSA) is 85.2 Å². The molecule has 1 heterocycles. The summed E-state index contributed by atoms with van der Waals surface area (Å²) in [6.45, 7) is 1.37. The number of urea groups is 1. The van der Waals surface area contributed by atoms with Crippen LogP contribution in [-0.2, 0) is 11.2 Å². The molecular weight excluding hydrogens is 371 g/mol. The number of carbonyl (C=O) groups excluding carboxylic acids is 2. The zero-order valence-electron chi connectivity index (χ0n) is 16.0. The molecule has 6 nitrogen and oxygen atoms in total. The molecule has 7 heteroatoms. The second-order valence-electron chi connectivity index (χ2n) is 7.06. The molecule has 2 N–H and O–H groups in total. The van der Waals surface area contributed by atoms with Crippen molar-refractivity contribution >= 4 is 17.6 Å². The van der Waals surface area contributed by atoms with E-state index in [1.807, 2.05) is 0 Å². The number of amides is 3. The van der Waals surface area contributed by atoms with E-state index < -0.39 is 17.9 Å². The van der Waals surface area contributed by atoms with Crippen LogP contribution in [0.3, 0.4) is 0 Å². The van der Waals surface area contributed by atoms with Crippen LogP contribution in [-0.4, -0.2) is 36.0 Å². The van der Waals surface area contributed by atoms with E-state index in [0.29, 0.717) is 30.8 Å². The van der Waals surface area contributed by atoms with E-state index in [-0.39, 0.29) is 5.91 Å². The number of nitrogens with zero attached hydrogens (tertiary/aromatic N) is 2. The smallest absolute Gasteiger partial charge is 0.319 e. The summed E-state index contributed by atoms with van der Waals surface area (Å²) in [6, 6.07) is 13.2. The number of carbonyl (C=O) groups is 2. The predicted octanol–water partition coefficient (Wildman–Crippen LogP) is 3.44. The summed E-state index contributed by atoms with van der Waals surface area (Å²) in [5, 5.41) is 14.3. The largest absolute Gasteiger partial charge is 0.341 e. The zero-order valence-corrected chi connectivity index (χ0v) is 16.0. The lowest BCUT2D eigenvalue weighted by Crippen LogP contribution is -2.52. The highest BCUT2D eigenvalue weighted by Crippen LogP contribution is 2.14. The van der Waals surface area contributed by atoms with Crippen LogP contribution in [0.2, 0.25) is 0 Å². The standard InChI is InChI=1S/C22H23FN4O2/c23-18-8-10-19(11-9-18)25-22(29)26-20(21(28)27-12-2-1-3-13-27)14-16-4-6-17(15-24)7-5-16/h4-11,20H,1-3,12-14H2,(H2,25,26,29)/t20-/m1/s1. The highest BCUT2D eigenvalue weighted by atomic mass is 19.1. The maximum Gasteiger partial charge on any atom is 0.319 e. The van der Waals surface area contributed by atoms with Crippen molar-refractivity contribution in [3.8, 4) is 6.07 Å². The van der Waals surface area contributed by atoms with Crippen molar-refractivity contribution in [1.82, 2.24) is 10.2 Å². The molecule has 3 amide bonds. The number of nitriles is 1. The van der Waals surface area contributed by atoms with Crippen LogP contribution >= 0.6 is 0 Å². The van der Waals surface area contributed by atoms with Crippen molar-refractivity contribution in [1.29, 1.82) is 5.26 Å². The average molecular weight is 394 g/mol. The lowest BCUT2D eigenvalue weighted by Gasteiger charge is -2.31. The minimum atomic E-state index is -0.735. The van der Waals surface area contributed by atoms with Crippen molar-refractivity contribution < 1.29 is 14.0 Å². The van der Waals surface area contributed by atoms with Gasteiger partial charge in [0.25, 0.3) is 0 Å². The van der Waals surface area contributed by atoms with Gasteiger partial charge in [0.1, 0.15) is 11.9 Å². The van der Waals surface area contributed by atoms with Crippen LogP contribution in [0.5, 0.6) is 0 Å². The summed E-state index contributed by atoms with van der Waals surface area (Å²) in [7, 11) is 0. The molecular formula is C22H23FN4O2. The summed E-state index contributed by atoms with van der Waals surface area (Å²) in [5.41, 5.74) is 1.82. The van der Waals surface area contributed by atoms with Gasteiger partial charge in [-0.25, -0.2) is 9.18 Å². The number of hydrogen-bond donors (Lipinski definition) is 2. The van der Waals surface area contributed by atoms with E-state index >= 15 is 0 Å². The first-order valence-electron chi connectivity index (χ1n) is 9.66. The van der Waals surface area contributed by atoms with E-state index in [0.717, 1.165) is 24.8 Å². The van der Waals surface area contributed by atoms with E-state index in [2.05, 4.69) is 16.7 Å². The van der Waals surface area contributed by atoms with Crippen molar-refractivity contribution in [2.45, 2.75) is 31.7 Å². The van der Waals surface area contributed by atoms with Crippen molar-refractivity contribution in [2.24, 2.45) is 0 Å². The molecule has 1 atom stereocenters. The van der Waals surface area contributed by atoms with Gasteiger partial charge in [-0.3, -0.25) is 4.79 Å². The maximum absolute atomic E-state index is 13.0. The molecule has 0 unspecified atom stereocenters. The SMILES string of the molecule is N#Cc1ccc(C[C@@H](NC(=O)Nc2ccc(F)cc2)C(=O)N2CCCCC2)cc1. The molecule has 2 aromatic rings. The molecule has 0 radical (unpaired) electrons. The molecule has 1 aliphatic heterocycles. The molecule has 1 saturated heterocycles. The van der Waals surface area contributed by atoms with Gasteiger partial charge in [-0.1, -0.05) is 12.1 Å². The molecule has 1 aliphatic rings. The number of likely N-dealkylation sites (tertiary alicyclic amines) is 1. The van der Waals surface area contributed by atoms with E-state index in [1.165, 1.54) is 24.3 Å². The molecule has 29 heavy (non-hydrogen) atoms. The van der Waals surface area contributed by atoms with E-state index in [1.54, 1.807) is 29.2 Å². The second kappa shape index (κ2) is 9.69. The van der Waals surface area contributed by atoms with E-state index in [4.69, 9.17) is 5.26 Å². The maximum atomic E-state index is 13.0. The summed E-state index contributed by atoms with van der Waals surface area (Å²) in [4.78, 5) is 27.3. The quantitative estimate of drug-likeness (QED) is 0.815. The monoisotopic (exact) mass is 394 g/mol. The van der Waals surface area contributed by atoms with Crippen LogP contribution in [0.1, 0.15) is 30.4 Å². The lowest BCUT2D eigenvalue weighted by molar-refractivity contribution is -0.134. The fourth-order valence-electron chi connectivity index (χ4n) is 3.34. The Balaban J connectivity index is 1.71. The Hall–Kier alpha value is -3.40. The minimum Gasteiger partial charge on any atom is -0.341 e. The number of piperidine rings is 1. The van der Waals surface area contributed by atoms with Gasteiger partial charge in [-0.2, -0.15) is 5.26 Å². The van der Waals surface area contributed by atoms with Crippen LogP contribution < -0.4 is 10.6 Å². The number of anilines is 1. The van der Waals surface area contributed by atoms with Gasteiger partial charge in [-0.05, 0) is 61.2 Å². The van der Waals surface area contributed by atoms with Crippen LogP contribution in [0, 0.1) is 17.1 Å². The summed E-state index contributed by atoms with van der Waals surface area (Å²) in [5.74, 6) is -0.516. The number of nitrogens with one attached hydrogen (secondary N) is 2. The third-order valence-electron chi connectivity index (χ3n) is 4.90. The molecule has 0 saturated carbocycles. The predicted molar refractivity (Wildman–Crippen MR) is 108 cm³/mol. The van der Waals surface area contributed by atoms with E-state index in [9.17, 15) is 14.0 Å². The fourth-order valence-corrected chi connectivity index (χ4v) is 3.34. The number of benzene rings is 2. The zero-order chi connectivity index (χ0) is 20.6. The normalized spacial score (nSPS) is 14.6. The van der Waals surface area contributed by atoms with Crippen molar-refractivity contribution in [3.63, 3.8) is 0 Å². The first-order valence-corrected chi connectivity index (χ1v) is 9.66. The Morgan fingerprint density at radius 1 is 1.03 bits per heavy atom. The van der Waals surface area contributed by atoms with Crippen LogP contribution in [0.15, 0.2) is 48.5 Å². The van der Waals surface area contributed by atoms with Crippen molar-refractivity contribution in [3.05, 3.63) is 65.5 Å². The molecule has 3 rings (SSSR count). The molecule has 0 aliphatic carbocycles. The summed E-state index contributed by atoms with van der Waals surface area (Å²) >= 11 is 0. The van der Waals surface area contributed by atoms with Gasteiger partial charge in [0.15, 0.2) is 0 Å². The van der Waals surface area contributed by atoms with Crippen LogP contribution in [0.4, 0.5) is 14.9 Å². The van der Waals surface area contributed by atoms with Crippen molar-refractivity contribution in [2.75, 3.05) is 18.4 Å². The Morgan fingerprint density at radius 2 is 1.69 bits per heavy atom. The van der Waals surface area contributed by atoms with Gasteiger partial charge in [0.05, 0.1) is 11.6 Å². The minimum absolute atomic E-state index is 0.122. The number of rotatable bonds is 5. The van der Waals surface area contributed by atoms with Gasteiger partial charge >= 0.3 is 6.03 Å². The molecule has 1 fully saturated rings. The Morgan fingerprint density at radius 3 is 2.31 bits per heavy atom. The van der Waals surface area contributed by atoms with Gasteiger partial charge in [0, 0.05) is 25.2 Å². The lowest BCUT2D eigenvalue weighted by atomic mass is 10.0. The van der Waals surface area contributed by atoms with Gasteiger partial charge < -0.3 is 15.5 Å². The average Bonchev–Trinajstić information content (AvgIpc) is 2.75. The summed E-state index contributed by atoms with van der Waals surface area (Å²) < 4.78 is 13.0. The Labute approximate surface area is 169 Å². The highest BCUT2D eigenvalue weighted by molar-refractivity contribution is 5.93. The first-order chi connectivity index (χ1) is 14.0. The molecule has 0 spiro atoms.